The van der Waals surface area contributed by atoms with E-state index in [1.54, 1.807) is 11.3 Å². The number of thiophene rings is 1. The molecule has 0 spiro atoms. The quantitative estimate of drug-likeness (QED) is 0.565. The third-order valence-corrected chi connectivity index (χ3v) is 5.29. The van der Waals surface area contributed by atoms with Gasteiger partial charge in [-0.15, -0.1) is 22.9 Å². The maximum absolute atomic E-state index is 6.56. The van der Waals surface area contributed by atoms with Crippen LogP contribution in [0.1, 0.15) is 49.8 Å². The van der Waals surface area contributed by atoms with Gasteiger partial charge >= 0.3 is 0 Å². The summed E-state index contributed by atoms with van der Waals surface area (Å²) >= 11 is 11.9. The summed E-state index contributed by atoms with van der Waals surface area (Å²) in [7, 11) is 0. The zero-order chi connectivity index (χ0) is 11.3. The fraction of sp³-hybridized carbons (Fsp3) is 0.667. The van der Waals surface area contributed by atoms with Gasteiger partial charge in [-0.05, 0) is 46.1 Å². The van der Waals surface area contributed by atoms with E-state index in [4.69, 9.17) is 11.6 Å². The number of alkyl halides is 1. The smallest absolute Gasteiger partial charge is 0.0718 e. The van der Waals surface area contributed by atoms with Crippen LogP contribution in [0.3, 0.4) is 0 Å². The molecule has 0 amide bonds. The molecule has 0 aliphatic carbocycles. The van der Waals surface area contributed by atoms with E-state index < -0.39 is 0 Å². The van der Waals surface area contributed by atoms with Gasteiger partial charge in [0.25, 0.3) is 0 Å². The van der Waals surface area contributed by atoms with Crippen molar-refractivity contribution in [3.8, 4) is 0 Å². The Balaban J connectivity index is 2.71. The normalized spacial score (nSPS) is 13.4. The Labute approximate surface area is 110 Å². The molecule has 0 aromatic carbocycles. The molecule has 1 aromatic rings. The molecule has 86 valence electrons. The molecule has 1 heterocycles. The largest absolute Gasteiger partial charge is 0.146 e. The van der Waals surface area contributed by atoms with Gasteiger partial charge in [-0.1, -0.05) is 26.7 Å². The van der Waals surface area contributed by atoms with Crippen molar-refractivity contribution in [2.75, 3.05) is 0 Å². The fourth-order valence-electron chi connectivity index (χ4n) is 1.89. The second-order valence-electron chi connectivity index (χ2n) is 3.87. The molecule has 0 aliphatic rings. The number of hydrogen-bond donors (Lipinski definition) is 0. The second-order valence-corrected chi connectivity index (χ2v) is 6.14. The van der Waals surface area contributed by atoms with E-state index in [0.717, 1.165) is 0 Å². The Kier molecular flexibility index (Phi) is 6.25. The summed E-state index contributed by atoms with van der Waals surface area (Å²) in [5.74, 6) is 0.622. The van der Waals surface area contributed by atoms with Crippen molar-refractivity contribution in [1.82, 2.24) is 0 Å². The van der Waals surface area contributed by atoms with Crippen LogP contribution in [0.15, 0.2) is 15.9 Å². The number of halogens is 2. The van der Waals surface area contributed by atoms with Crippen LogP contribution in [0.2, 0.25) is 0 Å². The Morgan fingerprint density at radius 1 is 1.33 bits per heavy atom. The van der Waals surface area contributed by atoms with E-state index in [1.165, 1.54) is 35.0 Å². The molecular weight excluding hydrogens is 292 g/mol. The lowest BCUT2D eigenvalue weighted by atomic mass is 9.94. The van der Waals surface area contributed by atoms with Gasteiger partial charge in [0.15, 0.2) is 0 Å². The van der Waals surface area contributed by atoms with Gasteiger partial charge in [0.2, 0.25) is 0 Å². The first-order valence-electron chi connectivity index (χ1n) is 5.57. The van der Waals surface area contributed by atoms with Crippen LogP contribution >= 0.6 is 38.9 Å². The summed E-state index contributed by atoms with van der Waals surface area (Å²) in [4.78, 5) is 1.29. The highest BCUT2D eigenvalue weighted by atomic mass is 79.9. The molecule has 0 N–H and O–H groups in total. The highest BCUT2D eigenvalue weighted by Crippen LogP contribution is 2.41. The monoisotopic (exact) mass is 308 g/mol. The highest BCUT2D eigenvalue weighted by Gasteiger charge is 2.22. The topological polar surface area (TPSA) is 0 Å². The molecule has 15 heavy (non-hydrogen) atoms. The maximum atomic E-state index is 6.56. The SMILES string of the molecule is CCCC(CCC)C(Cl)c1sccc1Br. The molecule has 0 radical (unpaired) electrons. The lowest BCUT2D eigenvalue weighted by Gasteiger charge is -2.20. The number of hydrogen-bond acceptors (Lipinski definition) is 1. The Bertz CT molecular complexity index is 279. The molecule has 0 fully saturated rings. The van der Waals surface area contributed by atoms with Crippen LogP contribution in [0.25, 0.3) is 0 Å². The maximum Gasteiger partial charge on any atom is 0.0718 e. The molecule has 0 nitrogen and oxygen atoms in total. The van der Waals surface area contributed by atoms with Gasteiger partial charge in [-0.3, -0.25) is 0 Å². The molecule has 3 heteroatoms. The first-order valence-corrected chi connectivity index (χ1v) is 7.68. The highest BCUT2D eigenvalue weighted by molar-refractivity contribution is 9.10. The molecule has 1 atom stereocenters. The minimum Gasteiger partial charge on any atom is -0.146 e. The van der Waals surface area contributed by atoms with Gasteiger partial charge < -0.3 is 0 Å². The van der Waals surface area contributed by atoms with Crippen LogP contribution in [0.5, 0.6) is 0 Å². The van der Waals surface area contributed by atoms with Crippen molar-refractivity contribution in [1.29, 1.82) is 0 Å². The van der Waals surface area contributed by atoms with E-state index >= 15 is 0 Å². The van der Waals surface area contributed by atoms with E-state index in [0.29, 0.717) is 5.92 Å². The minimum absolute atomic E-state index is 0.180. The van der Waals surface area contributed by atoms with Crippen molar-refractivity contribution in [3.05, 3.63) is 20.8 Å². The van der Waals surface area contributed by atoms with Gasteiger partial charge in [0.1, 0.15) is 0 Å². The number of rotatable bonds is 6. The molecule has 0 aliphatic heterocycles. The summed E-state index contributed by atoms with van der Waals surface area (Å²) in [5, 5.41) is 2.28. The molecule has 1 rings (SSSR count). The Morgan fingerprint density at radius 2 is 1.93 bits per heavy atom. The minimum atomic E-state index is 0.180. The summed E-state index contributed by atoms with van der Waals surface area (Å²) in [6, 6.07) is 2.09. The van der Waals surface area contributed by atoms with Gasteiger partial charge in [-0.25, -0.2) is 0 Å². The lowest BCUT2D eigenvalue weighted by molar-refractivity contribution is 0.428. The van der Waals surface area contributed by atoms with E-state index in [1.807, 2.05) is 0 Å². The summed E-state index contributed by atoms with van der Waals surface area (Å²) in [6.45, 7) is 4.46. The predicted molar refractivity (Wildman–Crippen MR) is 73.9 cm³/mol. The van der Waals surface area contributed by atoms with E-state index in [-0.39, 0.29) is 5.38 Å². The van der Waals surface area contributed by atoms with E-state index in [2.05, 4.69) is 41.2 Å². The Hall–Kier alpha value is 0.470. The standard InChI is InChI=1S/C12H18BrClS/c1-3-5-9(6-4-2)11(14)12-10(13)7-8-15-12/h7-9,11H,3-6H2,1-2H3. The second kappa shape index (κ2) is 6.93. The Morgan fingerprint density at radius 3 is 2.33 bits per heavy atom. The molecule has 1 aromatic heterocycles. The zero-order valence-electron chi connectivity index (χ0n) is 9.30. The van der Waals surface area contributed by atoms with Crippen LogP contribution in [-0.4, -0.2) is 0 Å². The average molecular weight is 310 g/mol. The summed E-state index contributed by atoms with van der Waals surface area (Å²) in [6.07, 6.45) is 4.90. The molecule has 0 bridgehead atoms. The molecule has 0 saturated carbocycles. The average Bonchev–Trinajstić information content (AvgIpc) is 2.63. The van der Waals surface area contributed by atoms with Crippen LogP contribution < -0.4 is 0 Å². The molecular formula is C12H18BrClS. The van der Waals surface area contributed by atoms with Gasteiger partial charge in [0.05, 0.1) is 5.38 Å². The van der Waals surface area contributed by atoms with Crippen LogP contribution in [-0.2, 0) is 0 Å². The van der Waals surface area contributed by atoms with Crippen molar-refractivity contribution in [3.63, 3.8) is 0 Å². The van der Waals surface area contributed by atoms with Crippen LogP contribution in [0, 0.1) is 5.92 Å². The van der Waals surface area contributed by atoms with Gasteiger partial charge in [-0.2, -0.15) is 0 Å². The fourth-order valence-corrected chi connectivity index (χ4v) is 4.24. The predicted octanol–water partition coefficient (Wildman–Crippen LogP) is 6.01. The third kappa shape index (κ3) is 3.76. The van der Waals surface area contributed by atoms with Crippen molar-refractivity contribution in [2.45, 2.75) is 44.9 Å². The first-order chi connectivity index (χ1) is 7.20. The molecule has 0 saturated heterocycles. The van der Waals surface area contributed by atoms with Crippen molar-refractivity contribution < 1.29 is 0 Å². The van der Waals surface area contributed by atoms with Gasteiger partial charge in [0, 0.05) is 9.35 Å². The molecule has 1 unspecified atom stereocenters. The van der Waals surface area contributed by atoms with Crippen molar-refractivity contribution in [2.24, 2.45) is 5.92 Å². The van der Waals surface area contributed by atoms with Crippen molar-refractivity contribution >= 4 is 38.9 Å². The van der Waals surface area contributed by atoms with E-state index in [9.17, 15) is 0 Å². The third-order valence-electron chi connectivity index (χ3n) is 2.63. The lowest BCUT2D eigenvalue weighted by Crippen LogP contribution is -2.07. The first kappa shape index (κ1) is 13.5. The summed E-state index contributed by atoms with van der Waals surface area (Å²) < 4.78 is 1.17. The van der Waals surface area contributed by atoms with Crippen LogP contribution in [0.4, 0.5) is 0 Å². The summed E-state index contributed by atoms with van der Waals surface area (Å²) in [5.41, 5.74) is 0. The zero-order valence-corrected chi connectivity index (χ0v) is 12.5.